The Bertz CT molecular complexity index is 393. The van der Waals surface area contributed by atoms with Crippen molar-refractivity contribution in [2.75, 3.05) is 13.2 Å². The molecule has 5 heteroatoms. The van der Waals surface area contributed by atoms with Gasteiger partial charge in [0.25, 0.3) is 0 Å². The van der Waals surface area contributed by atoms with Crippen LogP contribution in [0.3, 0.4) is 0 Å². The van der Waals surface area contributed by atoms with Gasteiger partial charge in [-0.3, -0.25) is 0 Å². The van der Waals surface area contributed by atoms with Gasteiger partial charge in [-0.1, -0.05) is 0 Å². The molecule has 0 aliphatic carbocycles. The summed E-state index contributed by atoms with van der Waals surface area (Å²) < 4.78 is 10.7. The minimum atomic E-state index is -1.02. The number of hydrogen-bond acceptors (Lipinski definition) is 4. The van der Waals surface area contributed by atoms with Crippen LogP contribution in [0.4, 0.5) is 0 Å². The molecule has 1 aromatic heterocycles. The monoisotopic (exact) mass is 239 g/mol. The van der Waals surface area contributed by atoms with Gasteiger partial charge in [-0.2, -0.15) is 0 Å². The maximum Gasteiger partial charge on any atom is 0.372 e. The number of carbonyl (C=O) groups is 1. The maximum absolute atomic E-state index is 10.8. The van der Waals surface area contributed by atoms with Crippen LogP contribution in [0.5, 0.6) is 0 Å². The van der Waals surface area contributed by atoms with E-state index in [4.69, 9.17) is 14.3 Å². The topological polar surface area (TPSA) is 71.7 Å². The molecule has 17 heavy (non-hydrogen) atoms. The van der Waals surface area contributed by atoms with E-state index in [1.807, 2.05) is 0 Å². The molecule has 2 heterocycles. The van der Waals surface area contributed by atoms with E-state index < -0.39 is 5.97 Å². The predicted molar refractivity (Wildman–Crippen MR) is 61.1 cm³/mol. The first kappa shape index (κ1) is 12.1. The Hall–Kier alpha value is -1.33. The quantitative estimate of drug-likeness (QED) is 0.815. The van der Waals surface area contributed by atoms with Crippen molar-refractivity contribution in [2.45, 2.75) is 32.4 Å². The van der Waals surface area contributed by atoms with Crippen LogP contribution in [0, 0.1) is 6.92 Å². The van der Waals surface area contributed by atoms with Crippen molar-refractivity contribution >= 4 is 5.97 Å². The standard InChI is InChI=1S/C12H17NO4/c1-8-5-10(17-11(8)12(14)15)7-13-6-9-3-2-4-16-9/h5,9,13H,2-4,6-7H2,1H3,(H,14,15). The van der Waals surface area contributed by atoms with E-state index >= 15 is 0 Å². The van der Waals surface area contributed by atoms with Crippen LogP contribution in [0.1, 0.15) is 34.7 Å². The summed E-state index contributed by atoms with van der Waals surface area (Å²) in [4.78, 5) is 10.8. The van der Waals surface area contributed by atoms with E-state index in [1.165, 1.54) is 0 Å². The van der Waals surface area contributed by atoms with Crippen LogP contribution in [0.2, 0.25) is 0 Å². The van der Waals surface area contributed by atoms with Gasteiger partial charge in [-0.15, -0.1) is 0 Å². The molecule has 0 amide bonds. The summed E-state index contributed by atoms with van der Waals surface area (Å²) in [7, 11) is 0. The highest BCUT2D eigenvalue weighted by Crippen LogP contribution is 2.15. The zero-order chi connectivity index (χ0) is 12.3. The van der Waals surface area contributed by atoms with Gasteiger partial charge in [0.2, 0.25) is 5.76 Å². The fraction of sp³-hybridized carbons (Fsp3) is 0.583. The van der Waals surface area contributed by atoms with Crippen molar-refractivity contribution in [1.82, 2.24) is 5.32 Å². The van der Waals surface area contributed by atoms with Crippen LogP contribution in [0.15, 0.2) is 10.5 Å². The second-order valence-electron chi connectivity index (χ2n) is 4.30. The zero-order valence-electron chi connectivity index (χ0n) is 9.86. The Balaban J connectivity index is 1.82. The summed E-state index contributed by atoms with van der Waals surface area (Å²) in [6.45, 7) is 3.89. The average molecular weight is 239 g/mol. The molecule has 2 rings (SSSR count). The lowest BCUT2D eigenvalue weighted by Crippen LogP contribution is -2.25. The van der Waals surface area contributed by atoms with E-state index in [0.29, 0.717) is 17.9 Å². The molecule has 2 N–H and O–H groups in total. The fourth-order valence-corrected chi connectivity index (χ4v) is 2.01. The number of ether oxygens (including phenoxy) is 1. The smallest absolute Gasteiger partial charge is 0.372 e. The van der Waals surface area contributed by atoms with Gasteiger partial charge in [0, 0.05) is 18.7 Å². The van der Waals surface area contributed by atoms with Crippen LogP contribution in [-0.2, 0) is 11.3 Å². The van der Waals surface area contributed by atoms with Gasteiger partial charge in [-0.25, -0.2) is 4.79 Å². The lowest BCUT2D eigenvalue weighted by atomic mass is 10.2. The first-order valence-electron chi connectivity index (χ1n) is 5.81. The molecule has 1 aliphatic rings. The lowest BCUT2D eigenvalue weighted by Gasteiger charge is -2.09. The minimum Gasteiger partial charge on any atom is -0.475 e. The molecule has 0 aromatic carbocycles. The van der Waals surface area contributed by atoms with E-state index in [-0.39, 0.29) is 11.9 Å². The SMILES string of the molecule is Cc1cc(CNCC2CCCO2)oc1C(=O)O. The molecule has 5 nitrogen and oxygen atoms in total. The molecule has 1 atom stereocenters. The maximum atomic E-state index is 10.8. The van der Waals surface area contributed by atoms with E-state index in [2.05, 4.69) is 5.32 Å². The second-order valence-corrected chi connectivity index (χ2v) is 4.30. The largest absolute Gasteiger partial charge is 0.475 e. The first-order valence-corrected chi connectivity index (χ1v) is 5.81. The van der Waals surface area contributed by atoms with Crippen molar-refractivity contribution in [3.8, 4) is 0 Å². The highest BCUT2D eigenvalue weighted by atomic mass is 16.5. The van der Waals surface area contributed by atoms with Crippen molar-refractivity contribution in [3.05, 3.63) is 23.2 Å². The summed E-state index contributed by atoms with van der Waals surface area (Å²) in [6, 6.07) is 1.76. The fourth-order valence-electron chi connectivity index (χ4n) is 2.01. The third-order valence-corrected chi connectivity index (χ3v) is 2.86. The highest BCUT2D eigenvalue weighted by Gasteiger charge is 2.16. The molecular weight excluding hydrogens is 222 g/mol. The Morgan fingerprint density at radius 1 is 1.65 bits per heavy atom. The van der Waals surface area contributed by atoms with Crippen molar-refractivity contribution < 1.29 is 19.1 Å². The van der Waals surface area contributed by atoms with E-state index in [0.717, 1.165) is 26.0 Å². The second kappa shape index (κ2) is 5.33. The molecular formula is C12H17NO4. The number of furan rings is 1. The molecule has 1 saturated heterocycles. The number of aromatic carboxylic acids is 1. The van der Waals surface area contributed by atoms with Crippen molar-refractivity contribution in [3.63, 3.8) is 0 Å². The van der Waals surface area contributed by atoms with Gasteiger partial charge in [0.1, 0.15) is 5.76 Å². The third kappa shape index (κ3) is 3.08. The number of carboxylic acids is 1. The van der Waals surface area contributed by atoms with E-state index in [9.17, 15) is 4.79 Å². The normalized spacial score (nSPS) is 19.7. The van der Waals surface area contributed by atoms with Crippen molar-refractivity contribution in [1.29, 1.82) is 0 Å². The van der Waals surface area contributed by atoms with Crippen LogP contribution in [-0.4, -0.2) is 30.3 Å². The lowest BCUT2D eigenvalue weighted by molar-refractivity contribution is 0.0658. The molecule has 1 aromatic rings. The molecule has 0 saturated carbocycles. The Kier molecular flexibility index (Phi) is 3.81. The number of carboxylic acid groups (broad SMARTS) is 1. The molecule has 0 spiro atoms. The average Bonchev–Trinajstić information content (AvgIpc) is 2.88. The Labute approximate surface area is 99.8 Å². The van der Waals surface area contributed by atoms with Gasteiger partial charge in [-0.05, 0) is 25.8 Å². The molecule has 1 aliphatic heterocycles. The molecule has 0 bridgehead atoms. The summed E-state index contributed by atoms with van der Waals surface area (Å²) in [6.07, 6.45) is 2.49. The third-order valence-electron chi connectivity index (χ3n) is 2.86. The molecule has 1 unspecified atom stereocenters. The number of nitrogens with one attached hydrogen (secondary N) is 1. The number of aryl methyl sites for hydroxylation is 1. The number of rotatable bonds is 5. The van der Waals surface area contributed by atoms with Crippen LogP contribution < -0.4 is 5.32 Å². The van der Waals surface area contributed by atoms with Crippen LogP contribution >= 0.6 is 0 Å². The summed E-state index contributed by atoms with van der Waals surface area (Å²) in [5.41, 5.74) is 0.659. The van der Waals surface area contributed by atoms with Gasteiger partial charge in [0.05, 0.1) is 12.6 Å². The summed E-state index contributed by atoms with van der Waals surface area (Å²) in [5.74, 6) is -0.343. The molecule has 1 fully saturated rings. The highest BCUT2D eigenvalue weighted by molar-refractivity contribution is 5.86. The molecule has 94 valence electrons. The van der Waals surface area contributed by atoms with Gasteiger partial charge in [0.15, 0.2) is 0 Å². The summed E-state index contributed by atoms with van der Waals surface area (Å²) in [5, 5.41) is 12.1. The molecule has 0 radical (unpaired) electrons. The van der Waals surface area contributed by atoms with Gasteiger partial charge >= 0.3 is 5.97 Å². The Morgan fingerprint density at radius 3 is 3.06 bits per heavy atom. The Morgan fingerprint density at radius 2 is 2.47 bits per heavy atom. The van der Waals surface area contributed by atoms with Crippen molar-refractivity contribution in [2.24, 2.45) is 0 Å². The zero-order valence-corrected chi connectivity index (χ0v) is 9.86. The first-order chi connectivity index (χ1) is 8.16. The van der Waals surface area contributed by atoms with Gasteiger partial charge < -0.3 is 19.6 Å². The van der Waals surface area contributed by atoms with E-state index in [1.54, 1.807) is 13.0 Å². The summed E-state index contributed by atoms with van der Waals surface area (Å²) >= 11 is 0. The number of hydrogen-bond donors (Lipinski definition) is 2. The van der Waals surface area contributed by atoms with Crippen LogP contribution in [0.25, 0.3) is 0 Å². The predicted octanol–water partition coefficient (Wildman–Crippen LogP) is 1.55. The minimum absolute atomic E-state index is 0.0268.